The minimum absolute atomic E-state index is 0.0478. The van der Waals surface area contributed by atoms with Crippen LogP contribution in [0, 0.1) is 11.8 Å². The molecule has 1 aromatic heterocycles. The molecule has 1 saturated heterocycles. The van der Waals surface area contributed by atoms with E-state index >= 15 is 0 Å². The zero-order valence-electron chi connectivity index (χ0n) is 13.2. The number of aliphatic carboxylic acids is 1. The molecule has 23 heavy (non-hydrogen) atoms. The van der Waals surface area contributed by atoms with Crippen LogP contribution >= 0.6 is 0 Å². The van der Waals surface area contributed by atoms with Crippen molar-refractivity contribution in [2.75, 3.05) is 13.1 Å². The van der Waals surface area contributed by atoms with E-state index in [0.717, 1.165) is 6.20 Å². The van der Waals surface area contributed by atoms with Crippen molar-refractivity contribution in [3.05, 3.63) is 17.5 Å². The first-order valence-electron chi connectivity index (χ1n) is 7.67. The van der Waals surface area contributed by atoms with Crippen LogP contribution in [-0.2, 0) is 11.3 Å². The molecule has 1 fully saturated rings. The van der Waals surface area contributed by atoms with Crippen molar-refractivity contribution in [2.24, 2.45) is 11.8 Å². The van der Waals surface area contributed by atoms with Crippen molar-refractivity contribution >= 4 is 11.9 Å². The highest BCUT2D eigenvalue weighted by Crippen LogP contribution is 2.26. The summed E-state index contributed by atoms with van der Waals surface area (Å²) < 4.78 is 27.9. The van der Waals surface area contributed by atoms with Crippen LogP contribution < -0.4 is 0 Å². The Morgan fingerprint density at radius 1 is 1.43 bits per heavy atom. The average Bonchev–Trinajstić information content (AvgIpc) is 2.89. The molecule has 0 aromatic carbocycles. The maximum atomic E-state index is 13.4. The Morgan fingerprint density at radius 2 is 2.13 bits per heavy atom. The predicted molar refractivity (Wildman–Crippen MR) is 78.3 cm³/mol. The first-order valence-corrected chi connectivity index (χ1v) is 7.67. The Hall–Kier alpha value is -1.99. The van der Waals surface area contributed by atoms with E-state index in [4.69, 9.17) is 5.11 Å². The van der Waals surface area contributed by atoms with E-state index in [-0.39, 0.29) is 23.7 Å². The van der Waals surface area contributed by atoms with Gasteiger partial charge in [0.15, 0.2) is 0 Å². The van der Waals surface area contributed by atoms with Gasteiger partial charge in [-0.1, -0.05) is 13.8 Å². The van der Waals surface area contributed by atoms with Crippen molar-refractivity contribution in [1.29, 1.82) is 0 Å². The lowest BCUT2D eigenvalue weighted by atomic mass is 9.97. The third kappa shape index (κ3) is 3.86. The van der Waals surface area contributed by atoms with Crippen LogP contribution in [0.5, 0.6) is 0 Å². The number of piperidine rings is 1. The number of likely N-dealkylation sites (tertiary alicyclic amines) is 1. The molecule has 1 unspecified atom stereocenters. The predicted octanol–water partition coefficient (Wildman–Crippen LogP) is 2.41. The van der Waals surface area contributed by atoms with Gasteiger partial charge in [0.1, 0.15) is 5.69 Å². The van der Waals surface area contributed by atoms with E-state index in [1.165, 1.54) is 9.58 Å². The molecule has 1 amide bonds. The molecular weight excluding hydrogens is 308 g/mol. The first-order chi connectivity index (χ1) is 10.8. The smallest absolute Gasteiger partial charge is 0.308 e. The molecule has 128 valence electrons. The molecule has 1 aliphatic rings. The van der Waals surface area contributed by atoms with E-state index in [0.29, 0.717) is 25.9 Å². The van der Waals surface area contributed by atoms with Gasteiger partial charge in [0.05, 0.1) is 17.7 Å². The molecule has 1 N–H and O–H groups in total. The fourth-order valence-corrected chi connectivity index (χ4v) is 2.81. The fraction of sp³-hybridized carbons (Fsp3) is 0.667. The zero-order valence-corrected chi connectivity index (χ0v) is 13.2. The van der Waals surface area contributed by atoms with Crippen LogP contribution in [-0.4, -0.2) is 44.8 Å². The number of rotatable bonds is 5. The highest BCUT2D eigenvalue weighted by Gasteiger charge is 2.32. The molecule has 1 atom stereocenters. The molecule has 0 aliphatic carbocycles. The summed E-state index contributed by atoms with van der Waals surface area (Å²) in [7, 11) is 0. The van der Waals surface area contributed by atoms with Gasteiger partial charge in [-0.15, -0.1) is 0 Å². The number of carbonyl (C=O) groups excluding carboxylic acids is 1. The minimum Gasteiger partial charge on any atom is -0.481 e. The Kier molecular flexibility index (Phi) is 5.33. The highest BCUT2D eigenvalue weighted by atomic mass is 19.3. The third-order valence-corrected chi connectivity index (χ3v) is 3.91. The summed E-state index contributed by atoms with van der Waals surface area (Å²) in [5.41, 5.74) is -0.521. The van der Waals surface area contributed by atoms with Crippen molar-refractivity contribution in [3.63, 3.8) is 0 Å². The molecule has 2 rings (SSSR count). The summed E-state index contributed by atoms with van der Waals surface area (Å²) in [6.45, 7) is 4.47. The summed E-state index contributed by atoms with van der Waals surface area (Å²) in [6.07, 6.45) is -0.605. The number of halogens is 2. The van der Waals surface area contributed by atoms with Gasteiger partial charge in [0, 0.05) is 19.6 Å². The SMILES string of the molecule is CC(C)Cn1ncc(C(=O)N2CCCC(C(=O)O)C2)c1C(F)F. The number of aromatic nitrogens is 2. The first kappa shape index (κ1) is 17.4. The van der Waals surface area contributed by atoms with Gasteiger partial charge >= 0.3 is 5.97 Å². The second-order valence-corrected chi connectivity index (χ2v) is 6.25. The number of amides is 1. The lowest BCUT2D eigenvalue weighted by molar-refractivity contribution is -0.143. The Bertz CT molecular complexity index is 587. The van der Waals surface area contributed by atoms with Crippen LogP contribution in [0.2, 0.25) is 0 Å². The molecule has 2 heterocycles. The number of hydrogen-bond acceptors (Lipinski definition) is 3. The van der Waals surface area contributed by atoms with E-state index < -0.39 is 24.2 Å². The molecule has 1 aromatic rings. The van der Waals surface area contributed by atoms with Gasteiger partial charge in [-0.3, -0.25) is 14.3 Å². The minimum atomic E-state index is -2.81. The second-order valence-electron chi connectivity index (χ2n) is 6.25. The summed E-state index contributed by atoms with van der Waals surface area (Å²) in [5, 5.41) is 13.0. The van der Waals surface area contributed by atoms with Gasteiger partial charge in [0.25, 0.3) is 12.3 Å². The van der Waals surface area contributed by atoms with E-state index in [1.807, 2.05) is 13.8 Å². The lowest BCUT2D eigenvalue weighted by Crippen LogP contribution is -2.42. The number of carboxylic acid groups (broad SMARTS) is 1. The average molecular weight is 329 g/mol. The number of carbonyl (C=O) groups is 2. The van der Waals surface area contributed by atoms with Crippen LogP contribution in [0.3, 0.4) is 0 Å². The summed E-state index contributed by atoms with van der Waals surface area (Å²) in [6, 6.07) is 0. The zero-order chi connectivity index (χ0) is 17.1. The molecular formula is C15H21F2N3O3. The molecule has 0 spiro atoms. The van der Waals surface area contributed by atoms with Gasteiger partial charge in [-0.25, -0.2) is 8.78 Å². The van der Waals surface area contributed by atoms with Gasteiger partial charge in [-0.05, 0) is 18.8 Å². The van der Waals surface area contributed by atoms with E-state index in [1.54, 1.807) is 0 Å². The van der Waals surface area contributed by atoms with Crippen molar-refractivity contribution in [1.82, 2.24) is 14.7 Å². The topological polar surface area (TPSA) is 75.4 Å². The molecule has 0 saturated carbocycles. The molecule has 8 heteroatoms. The standard InChI is InChI=1S/C15H21F2N3O3/c1-9(2)7-20-12(13(16)17)11(6-18-20)14(21)19-5-3-4-10(8-19)15(22)23/h6,9-10,13H,3-5,7-8H2,1-2H3,(H,22,23). The molecule has 6 nitrogen and oxygen atoms in total. The van der Waals surface area contributed by atoms with Crippen molar-refractivity contribution < 1.29 is 23.5 Å². The monoisotopic (exact) mass is 329 g/mol. The number of carboxylic acids is 1. The fourth-order valence-electron chi connectivity index (χ4n) is 2.81. The van der Waals surface area contributed by atoms with Crippen LogP contribution in [0.25, 0.3) is 0 Å². The number of alkyl halides is 2. The normalized spacial score (nSPS) is 18.7. The van der Waals surface area contributed by atoms with Crippen molar-refractivity contribution in [2.45, 2.75) is 39.7 Å². The summed E-state index contributed by atoms with van der Waals surface area (Å²) in [4.78, 5) is 25.0. The summed E-state index contributed by atoms with van der Waals surface area (Å²) >= 11 is 0. The van der Waals surface area contributed by atoms with Gasteiger partial charge < -0.3 is 10.0 Å². The molecule has 0 radical (unpaired) electrons. The maximum Gasteiger partial charge on any atom is 0.308 e. The van der Waals surface area contributed by atoms with Crippen LogP contribution in [0.1, 0.15) is 49.2 Å². The Labute approximate surface area is 133 Å². The van der Waals surface area contributed by atoms with Gasteiger partial charge in [-0.2, -0.15) is 5.10 Å². The van der Waals surface area contributed by atoms with Crippen LogP contribution in [0.4, 0.5) is 8.78 Å². The number of hydrogen-bond donors (Lipinski definition) is 1. The lowest BCUT2D eigenvalue weighted by Gasteiger charge is -2.30. The maximum absolute atomic E-state index is 13.4. The van der Waals surface area contributed by atoms with Crippen molar-refractivity contribution in [3.8, 4) is 0 Å². The third-order valence-electron chi connectivity index (χ3n) is 3.91. The quantitative estimate of drug-likeness (QED) is 0.900. The Morgan fingerprint density at radius 3 is 2.70 bits per heavy atom. The summed E-state index contributed by atoms with van der Waals surface area (Å²) in [5.74, 6) is -2.07. The van der Waals surface area contributed by atoms with Crippen LogP contribution in [0.15, 0.2) is 6.20 Å². The molecule has 0 bridgehead atoms. The van der Waals surface area contributed by atoms with E-state index in [9.17, 15) is 18.4 Å². The molecule has 1 aliphatic heterocycles. The van der Waals surface area contributed by atoms with Gasteiger partial charge in [0.2, 0.25) is 0 Å². The second kappa shape index (κ2) is 7.06. The number of nitrogens with zero attached hydrogens (tertiary/aromatic N) is 3. The Balaban J connectivity index is 2.25. The largest absolute Gasteiger partial charge is 0.481 e. The highest BCUT2D eigenvalue weighted by molar-refractivity contribution is 5.95. The van der Waals surface area contributed by atoms with E-state index in [2.05, 4.69) is 5.10 Å².